The van der Waals surface area contributed by atoms with Gasteiger partial charge in [0.05, 0.1) is 5.25 Å². The minimum absolute atomic E-state index is 0.343. The first-order valence-corrected chi connectivity index (χ1v) is 7.49. The zero-order chi connectivity index (χ0) is 12.2. The van der Waals surface area contributed by atoms with Gasteiger partial charge >= 0.3 is 0 Å². The Morgan fingerprint density at radius 3 is 2.81 bits per heavy atom. The monoisotopic (exact) mass is 244 g/mol. The molecule has 5 heteroatoms. The summed E-state index contributed by atoms with van der Waals surface area (Å²) < 4.78 is 23.4. The maximum Gasteiger partial charge on any atom is 0.152 e. The summed E-state index contributed by atoms with van der Waals surface area (Å²) in [5.74, 6) is 2.53. The number of rotatable bonds is 5. The summed E-state index contributed by atoms with van der Waals surface area (Å²) >= 11 is 0. The van der Waals surface area contributed by atoms with Gasteiger partial charge in [0.2, 0.25) is 0 Å². The van der Waals surface area contributed by atoms with Gasteiger partial charge in [-0.05, 0) is 12.8 Å². The van der Waals surface area contributed by atoms with Crippen molar-refractivity contribution in [2.45, 2.75) is 36.5 Å². The lowest BCUT2D eigenvalue weighted by molar-refractivity contribution is 0.345. The molecule has 0 heterocycles. The fourth-order valence-corrected chi connectivity index (χ4v) is 4.27. The zero-order valence-corrected chi connectivity index (χ0v) is 10.5. The maximum atomic E-state index is 11.7. The van der Waals surface area contributed by atoms with Crippen molar-refractivity contribution >= 4 is 9.84 Å². The van der Waals surface area contributed by atoms with Crippen LogP contribution in [0.1, 0.15) is 25.7 Å². The van der Waals surface area contributed by atoms with E-state index >= 15 is 0 Å². The van der Waals surface area contributed by atoms with Crippen molar-refractivity contribution in [3.63, 3.8) is 0 Å². The Kier molecular flexibility index (Phi) is 4.36. The smallest absolute Gasteiger partial charge is 0.152 e. The molecule has 1 fully saturated rings. The second-order valence-electron chi connectivity index (χ2n) is 4.45. The summed E-state index contributed by atoms with van der Waals surface area (Å²) in [6.45, 7) is 0.967. The number of nitrogens with two attached hydrogens (primary N) is 1. The molecule has 16 heavy (non-hydrogen) atoms. The molecule has 4 nitrogen and oxygen atoms in total. The Balaban J connectivity index is 2.81. The first kappa shape index (κ1) is 13.5. The van der Waals surface area contributed by atoms with Gasteiger partial charge < -0.3 is 11.1 Å². The minimum atomic E-state index is -3.05. The number of hydrogen-bond acceptors (Lipinski definition) is 4. The van der Waals surface area contributed by atoms with E-state index in [-0.39, 0.29) is 5.25 Å². The molecule has 1 rings (SSSR count). The summed E-state index contributed by atoms with van der Waals surface area (Å²) in [6.07, 6.45) is 9.47. The Morgan fingerprint density at radius 1 is 1.62 bits per heavy atom. The second kappa shape index (κ2) is 5.17. The lowest BCUT2D eigenvalue weighted by atomic mass is 9.97. The van der Waals surface area contributed by atoms with Gasteiger partial charge in [0.1, 0.15) is 0 Å². The Labute approximate surface area is 97.9 Å². The Morgan fingerprint density at radius 2 is 2.31 bits per heavy atom. The van der Waals surface area contributed by atoms with E-state index in [4.69, 9.17) is 12.2 Å². The first-order valence-electron chi connectivity index (χ1n) is 5.54. The van der Waals surface area contributed by atoms with Crippen LogP contribution in [0, 0.1) is 12.3 Å². The van der Waals surface area contributed by atoms with Crippen LogP contribution in [0.5, 0.6) is 0 Å². The summed E-state index contributed by atoms with van der Waals surface area (Å²) in [5.41, 5.74) is 5.29. The Bertz CT molecular complexity index is 372. The van der Waals surface area contributed by atoms with Gasteiger partial charge in [0, 0.05) is 31.3 Å². The van der Waals surface area contributed by atoms with E-state index in [0.29, 0.717) is 25.9 Å². The van der Waals surface area contributed by atoms with Crippen molar-refractivity contribution in [1.82, 2.24) is 5.32 Å². The van der Waals surface area contributed by atoms with Crippen molar-refractivity contribution < 1.29 is 8.42 Å². The first-order chi connectivity index (χ1) is 7.46. The average molecular weight is 244 g/mol. The number of nitrogens with one attached hydrogen (secondary N) is 1. The molecular weight excluding hydrogens is 224 g/mol. The largest absolute Gasteiger partial charge is 0.329 e. The predicted octanol–water partition coefficient (Wildman–Crippen LogP) is -0.106. The van der Waals surface area contributed by atoms with Crippen molar-refractivity contribution in [3.05, 3.63) is 0 Å². The number of terminal acetylenes is 1. The van der Waals surface area contributed by atoms with E-state index in [9.17, 15) is 8.42 Å². The van der Waals surface area contributed by atoms with Crippen LogP contribution >= 0.6 is 0 Å². The van der Waals surface area contributed by atoms with Crippen LogP contribution < -0.4 is 11.1 Å². The average Bonchev–Trinajstić information content (AvgIpc) is 2.62. The lowest BCUT2D eigenvalue weighted by Crippen LogP contribution is -2.58. The van der Waals surface area contributed by atoms with Gasteiger partial charge in [0.15, 0.2) is 9.84 Å². The van der Waals surface area contributed by atoms with E-state index < -0.39 is 15.4 Å². The topological polar surface area (TPSA) is 72.2 Å². The molecule has 2 unspecified atom stereocenters. The molecule has 0 radical (unpaired) electrons. The van der Waals surface area contributed by atoms with E-state index in [2.05, 4.69) is 11.2 Å². The van der Waals surface area contributed by atoms with Crippen LogP contribution in [-0.2, 0) is 9.84 Å². The second-order valence-corrected chi connectivity index (χ2v) is 6.68. The molecule has 1 saturated carbocycles. The highest BCUT2D eigenvalue weighted by molar-refractivity contribution is 7.91. The molecule has 1 aliphatic carbocycles. The molecule has 0 saturated heterocycles. The minimum Gasteiger partial charge on any atom is -0.329 e. The van der Waals surface area contributed by atoms with Crippen LogP contribution in [0.3, 0.4) is 0 Å². The molecule has 3 N–H and O–H groups in total. The molecule has 2 atom stereocenters. The van der Waals surface area contributed by atoms with Gasteiger partial charge in [-0.2, -0.15) is 0 Å². The van der Waals surface area contributed by atoms with Crippen LogP contribution in [0.4, 0.5) is 0 Å². The van der Waals surface area contributed by atoms with Gasteiger partial charge in [-0.3, -0.25) is 0 Å². The SMILES string of the molecule is C#CCCNC1(CN)CCCC1S(C)(=O)=O. The quantitative estimate of drug-likeness (QED) is 0.523. The molecule has 1 aliphatic rings. The standard InChI is InChI=1S/C11H20N2O2S/c1-3-4-8-13-11(9-12)7-5-6-10(11)16(2,14)15/h1,10,13H,4-9,12H2,2H3. The summed E-state index contributed by atoms with van der Waals surface area (Å²) in [4.78, 5) is 0. The third-order valence-electron chi connectivity index (χ3n) is 3.33. The van der Waals surface area contributed by atoms with Gasteiger partial charge in [-0.1, -0.05) is 6.42 Å². The van der Waals surface area contributed by atoms with Crippen LogP contribution in [0.2, 0.25) is 0 Å². The molecule has 0 aromatic carbocycles. The molecule has 0 bridgehead atoms. The molecular formula is C11H20N2O2S. The van der Waals surface area contributed by atoms with E-state index in [1.807, 2.05) is 0 Å². The highest BCUT2D eigenvalue weighted by Crippen LogP contribution is 2.34. The van der Waals surface area contributed by atoms with Crippen molar-refractivity contribution in [2.75, 3.05) is 19.3 Å². The molecule has 0 aromatic rings. The summed E-state index contributed by atoms with van der Waals surface area (Å²) in [6, 6.07) is 0. The molecule has 0 spiro atoms. The number of hydrogen-bond donors (Lipinski definition) is 2. The lowest BCUT2D eigenvalue weighted by Gasteiger charge is -2.34. The van der Waals surface area contributed by atoms with Crippen molar-refractivity contribution in [1.29, 1.82) is 0 Å². The van der Waals surface area contributed by atoms with Crippen LogP contribution in [0.15, 0.2) is 0 Å². The summed E-state index contributed by atoms with van der Waals surface area (Å²) in [5, 5.41) is 2.88. The molecule has 0 amide bonds. The van der Waals surface area contributed by atoms with Gasteiger partial charge in [-0.25, -0.2) is 8.42 Å². The predicted molar refractivity (Wildman–Crippen MR) is 65.7 cm³/mol. The normalized spacial score (nSPS) is 30.2. The van der Waals surface area contributed by atoms with Crippen LogP contribution in [0.25, 0.3) is 0 Å². The highest BCUT2D eigenvalue weighted by Gasteiger charge is 2.46. The van der Waals surface area contributed by atoms with E-state index in [1.54, 1.807) is 0 Å². The third-order valence-corrected chi connectivity index (χ3v) is 5.05. The summed E-state index contributed by atoms with van der Waals surface area (Å²) in [7, 11) is -3.05. The van der Waals surface area contributed by atoms with Crippen molar-refractivity contribution in [3.8, 4) is 12.3 Å². The Hall–Kier alpha value is -0.570. The van der Waals surface area contributed by atoms with Gasteiger partial charge in [-0.15, -0.1) is 12.3 Å². The van der Waals surface area contributed by atoms with Crippen molar-refractivity contribution in [2.24, 2.45) is 5.73 Å². The van der Waals surface area contributed by atoms with Crippen LogP contribution in [-0.4, -0.2) is 38.6 Å². The third kappa shape index (κ3) is 2.76. The molecule has 0 aliphatic heterocycles. The molecule has 92 valence electrons. The fourth-order valence-electron chi connectivity index (χ4n) is 2.56. The maximum absolute atomic E-state index is 11.7. The number of sulfone groups is 1. The van der Waals surface area contributed by atoms with E-state index in [0.717, 1.165) is 12.8 Å². The zero-order valence-electron chi connectivity index (χ0n) is 9.70. The molecule has 0 aromatic heterocycles. The fraction of sp³-hybridized carbons (Fsp3) is 0.818. The van der Waals surface area contributed by atoms with Gasteiger partial charge in [0.25, 0.3) is 0 Å². The van der Waals surface area contributed by atoms with E-state index in [1.165, 1.54) is 6.26 Å². The highest BCUT2D eigenvalue weighted by atomic mass is 32.2.